The first-order chi connectivity index (χ1) is 11.1. The van der Waals surface area contributed by atoms with Gasteiger partial charge < -0.3 is 13.7 Å². The van der Waals surface area contributed by atoms with Gasteiger partial charge in [-0.2, -0.15) is 0 Å². The SMILES string of the molecule is COc1c(C)cnc(CSc2nnc(-c3ccco3)n2C)c1C. The molecule has 0 unspecified atom stereocenters. The van der Waals surface area contributed by atoms with E-state index in [9.17, 15) is 0 Å². The number of aryl methyl sites for hydroxylation is 1. The molecule has 0 aliphatic rings. The van der Waals surface area contributed by atoms with Crippen LogP contribution in [0.2, 0.25) is 0 Å². The second-order valence-electron chi connectivity index (χ2n) is 5.18. The van der Waals surface area contributed by atoms with Crippen LogP contribution in [0.5, 0.6) is 5.75 Å². The van der Waals surface area contributed by atoms with Crippen molar-refractivity contribution in [3.63, 3.8) is 0 Å². The Labute approximate surface area is 138 Å². The number of pyridine rings is 1. The van der Waals surface area contributed by atoms with Gasteiger partial charge in [0.25, 0.3) is 0 Å². The molecule has 0 aliphatic heterocycles. The molecular formula is C16H18N4O2S. The Morgan fingerprint density at radius 2 is 2.13 bits per heavy atom. The van der Waals surface area contributed by atoms with E-state index in [0.717, 1.165) is 27.7 Å². The lowest BCUT2D eigenvalue weighted by Crippen LogP contribution is -2.00. The fourth-order valence-corrected chi connectivity index (χ4v) is 3.35. The van der Waals surface area contributed by atoms with Crippen molar-refractivity contribution in [1.29, 1.82) is 0 Å². The van der Waals surface area contributed by atoms with Gasteiger partial charge in [-0.15, -0.1) is 10.2 Å². The topological polar surface area (TPSA) is 66.0 Å². The van der Waals surface area contributed by atoms with Crippen LogP contribution >= 0.6 is 11.8 Å². The van der Waals surface area contributed by atoms with Crippen molar-refractivity contribution in [2.24, 2.45) is 7.05 Å². The minimum atomic E-state index is 0.701. The molecule has 23 heavy (non-hydrogen) atoms. The molecule has 0 amide bonds. The van der Waals surface area contributed by atoms with E-state index in [2.05, 4.69) is 15.2 Å². The Morgan fingerprint density at radius 3 is 2.83 bits per heavy atom. The highest BCUT2D eigenvalue weighted by molar-refractivity contribution is 7.98. The number of furan rings is 1. The van der Waals surface area contributed by atoms with Crippen LogP contribution in [0.15, 0.2) is 34.2 Å². The summed E-state index contributed by atoms with van der Waals surface area (Å²) < 4.78 is 12.7. The minimum absolute atomic E-state index is 0.701. The van der Waals surface area contributed by atoms with Gasteiger partial charge in [-0.1, -0.05) is 11.8 Å². The summed E-state index contributed by atoms with van der Waals surface area (Å²) in [5.74, 6) is 3.01. The molecule has 0 atom stereocenters. The van der Waals surface area contributed by atoms with Crippen LogP contribution in [0.3, 0.4) is 0 Å². The number of rotatable bonds is 5. The molecule has 0 radical (unpaired) electrons. The molecule has 7 heteroatoms. The molecule has 0 spiro atoms. The van der Waals surface area contributed by atoms with Gasteiger partial charge in [0.05, 0.1) is 19.1 Å². The number of hydrogen-bond donors (Lipinski definition) is 0. The van der Waals surface area contributed by atoms with Gasteiger partial charge in [0.15, 0.2) is 16.7 Å². The number of aromatic nitrogens is 4. The van der Waals surface area contributed by atoms with E-state index in [1.54, 1.807) is 25.1 Å². The summed E-state index contributed by atoms with van der Waals surface area (Å²) in [5, 5.41) is 9.24. The van der Waals surface area contributed by atoms with Crippen molar-refractivity contribution < 1.29 is 9.15 Å². The lowest BCUT2D eigenvalue weighted by Gasteiger charge is -2.11. The predicted octanol–water partition coefficient (Wildman–Crippen LogP) is 3.39. The number of thioether (sulfide) groups is 1. The first kappa shape index (κ1) is 15.6. The Balaban J connectivity index is 1.80. The van der Waals surface area contributed by atoms with Gasteiger partial charge in [-0.3, -0.25) is 4.98 Å². The third kappa shape index (κ3) is 2.96. The molecule has 3 aromatic heterocycles. The molecule has 0 fully saturated rings. The van der Waals surface area contributed by atoms with Gasteiger partial charge in [0.2, 0.25) is 0 Å². The summed E-state index contributed by atoms with van der Waals surface area (Å²) in [4.78, 5) is 4.51. The van der Waals surface area contributed by atoms with Crippen LogP contribution in [0, 0.1) is 13.8 Å². The largest absolute Gasteiger partial charge is 0.496 e. The Bertz CT molecular complexity index is 812. The van der Waals surface area contributed by atoms with Crippen LogP contribution in [0.1, 0.15) is 16.8 Å². The zero-order chi connectivity index (χ0) is 16.4. The van der Waals surface area contributed by atoms with E-state index in [-0.39, 0.29) is 0 Å². The molecule has 3 heterocycles. The molecular weight excluding hydrogens is 312 g/mol. The molecule has 3 rings (SSSR count). The van der Waals surface area contributed by atoms with Crippen molar-refractivity contribution in [2.75, 3.05) is 7.11 Å². The second-order valence-corrected chi connectivity index (χ2v) is 6.12. The second kappa shape index (κ2) is 6.45. The summed E-state index contributed by atoms with van der Waals surface area (Å²) in [5.41, 5.74) is 3.09. The maximum atomic E-state index is 5.45. The van der Waals surface area contributed by atoms with Crippen LogP contribution in [-0.2, 0) is 12.8 Å². The van der Waals surface area contributed by atoms with E-state index in [1.807, 2.05) is 43.8 Å². The Kier molecular flexibility index (Phi) is 4.38. The Morgan fingerprint density at radius 1 is 1.30 bits per heavy atom. The van der Waals surface area contributed by atoms with Crippen LogP contribution in [0.4, 0.5) is 0 Å². The van der Waals surface area contributed by atoms with Crippen LogP contribution in [0.25, 0.3) is 11.6 Å². The molecule has 0 aromatic carbocycles. The number of hydrogen-bond acceptors (Lipinski definition) is 6. The van der Waals surface area contributed by atoms with Gasteiger partial charge in [-0.25, -0.2) is 0 Å². The number of methoxy groups -OCH3 is 1. The first-order valence-corrected chi connectivity index (χ1v) is 8.15. The van der Waals surface area contributed by atoms with Crippen molar-refractivity contribution in [1.82, 2.24) is 19.7 Å². The molecule has 0 N–H and O–H groups in total. The average molecular weight is 330 g/mol. The first-order valence-electron chi connectivity index (χ1n) is 7.17. The molecule has 0 bridgehead atoms. The van der Waals surface area contributed by atoms with E-state index >= 15 is 0 Å². The molecule has 0 aliphatic carbocycles. The van der Waals surface area contributed by atoms with Gasteiger partial charge in [0, 0.05) is 30.1 Å². The molecule has 120 valence electrons. The maximum Gasteiger partial charge on any atom is 0.200 e. The fraction of sp³-hybridized carbons (Fsp3) is 0.312. The number of ether oxygens (including phenoxy) is 1. The quantitative estimate of drug-likeness (QED) is 0.668. The smallest absolute Gasteiger partial charge is 0.200 e. The predicted molar refractivity (Wildman–Crippen MR) is 88.5 cm³/mol. The Hall–Kier alpha value is -2.28. The lowest BCUT2D eigenvalue weighted by molar-refractivity contribution is 0.407. The highest BCUT2D eigenvalue weighted by atomic mass is 32.2. The third-order valence-corrected chi connectivity index (χ3v) is 4.70. The summed E-state index contributed by atoms with van der Waals surface area (Å²) >= 11 is 1.59. The van der Waals surface area contributed by atoms with Crippen molar-refractivity contribution in [2.45, 2.75) is 24.8 Å². The highest BCUT2D eigenvalue weighted by Gasteiger charge is 2.15. The molecule has 6 nitrogen and oxygen atoms in total. The monoisotopic (exact) mass is 330 g/mol. The van der Waals surface area contributed by atoms with E-state index in [4.69, 9.17) is 9.15 Å². The fourth-order valence-electron chi connectivity index (χ4n) is 2.41. The van der Waals surface area contributed by atoms with Crippen LogP contribution < -0.4 is 4.74 Å². The van der Waals surface area contributed by atoms with E-state index < -0.39 is 0 Å². The maximum absolute atomic E-state index is 5.45. The minimum Gasteiger partial charge on any atom is -0.496 e. The van der Waals surface area contributed by atoms with E-state index in [0.29, 0.717) is 17.3 Å². The zero-order valence-electron chi connectivity index (χ0n) is 13.5. The van der Waals surface area contributed by atoms with Crippen LogP contribution in [-0.4, -0.2) is 26.9 Å². The van der Waals surface area contributed by atoms with Crippen molar-refractivity contribution >= 4 is 11.8 Å². The molecule has 0 saturated heterocycles. The highest BCUT2D eigenvalue weighted by Crippen LogP contribution is 2.29. The summed E-state index contributed by atoms with van der Waals surface area (Å²) in [6.45, 7) is 4.02. The van der Waals surface area contributed by atoms with Crippen molar-refractivity contribution in [3.8, 4) is 17.3 Å². The summed E-state index contributed by atoms with van der Waals surface area (Å²) in [6.07, 6.45) is 3.47. The van der Waals surface area contributed by atoms with E-state index in [1.165, 1.54) is 0 Å². The normalized spacial score (nSPS) is 11.0. The zero-order valence-corrected chi connectivity index (χ0v) is 14.3. The van der Waals surface area contributed by atoms with Crippen molar-refractivity contribution in [3.05, 3.63) is 41.4 Å². The van der Waals surface area contributed by atoms with Gasteiger partial charge in [0.1, 0.15) is 5.75 Å². The third-order valence-electron chi connectivity index (χ3n) is 3.66. The molecule has 3 aromatic rings. The van der Waals surface area contributed by atoms with Gasteiger partial charge >= 0.3 is 0 Å². The van der Waals surface area contributed by atoms with Gasteiger partial charge in [-0.05, 0) is 26.0 Å². The standard InChI is InChI=1S/C16H18N4O2S/c1-10-8-17-12(11(2)14(10)21-4)9-23-16-19-18-15(20(16)3)13-6-5-7-22-13/h5-8H,9H2,1-4H3. The summed E-state index contributed by atoms with van der Waals surface area (Å²) in [6, 6.07) is 3.71. The number of nitrogens with zero attached hydrogens (tertiary/aromatic N) is 4. The molecule has 0 saturated carbocycles. The summed E-state index contributed by atoms with van der Waals surface area (Å²) in [7, 11) is 3.61. The average Bonchev–Trinajstić information content (AvgIpc) is 3.17. The lowest BCUT2D eigenvalue weighted by atomic mass is 10.1.